The Morgan fingerprint density at radius 3 is 1.18 bits per heavy atom. The number of nitrogens with zero attached hydrogens (tertiary/aromatic N) is 5. The van der Waals surface area contributed by atoms with E-state index in [0.717, 1.165) is 31.7 Å². The number of fused-ring (bicyclic) bond motifs is 1. The largest absolute Gasteiger partial charge is 0.490 e. The van der Waals surface area contributed by atoms with E-state index in [2.05, 4.69) is 4.90 Å². The highest BCUT2D eigenvalue weighted by molar-refractivity contribution is 5.94. The zero-order valence-corrected chi connectivity index (χ0v) is 48.8. The molecule has 3 aromatic rings. The van der Waals surface area contributed by atoms with Gasteiger partial charge in [-0.1, -0.05) is 122 Å². The topological polar surface area (TPSA) is 199 Å². The lowest BCUT2D eigenvalue weighted by Gasteiger charge is -2.35. The van der Waals surface area contributed by atoms with Crippen molar-refractivity contribution in [3.05, 3.63) is 95.6 Å². The van der Waals surface area contributed by atoms with Crippen LogP contribution in [0.5, 0.6) is 5.75 Å². The number of esters is 4. The van der Waals surface area contributed by atoms with Gasteiger partial charge in [0, 0.05) is 47.6 Å². The minimum absolute atomic E-state index is 0.0892. The van der Waals surface area contributed by atoms with E-state index in [0.29, 0.717) is 30.8 Å². The zero-order valence-electron chi connectivity index (χ0n) is 48.8. The van der Waals surface area contributed by atoms with Crippen molar-refractivity contribution in [3.8, 4) is 5.75 Å². The molecular weight excluding hydrogens is 1010 g/mol. The molecule has 5 rings (SSSR count). The summed E-state index contributed by atoms with van der Waals surface area (Å²) >= 11 is 0. The van der Waals surface area contributed by atoms with E-state index in [4.69, 9.17) is 23.7 Å². The monoisotopic (exact) mass is 1100 g/mol. The Labute approximate surface area is 467 Å². The lowest BCUT2D eigenvalue weighted by atomic mass is 9.99. The number of carbonyl (C=O) groups excluding carboxylic acids is 8. The van der Waals surface area contributed by atoms with E-state index in [1.165, 1.54) is 46.9 Å². The maximum absolute atomic E-state index is 15.1. The Hall–Kier alpha value is -6.98. The van der Waals surface area contributed by atoms with Crippen LogP contribution in [0.15, 0.2) is 78.9 Å². The number of anilines is 1. The first-order valence-corrected chi connectivity index (χ1v) is 27.7. The van der Waals surface area contributed by atoms with E-state index >= 15 is 4.79 Å². The van der Waals surface area contributed by atoms with Gasteiger partial charge in [-0.15, -0.1) is 0 Å². The predicted molar refractivity (Wildman–Crippen MR) is 298 cm³/mol. The van der Waals surface area contributed by atoms with Crippen LogP contribution in [0, 0.1) is 23.7 Å². The highest BCUT2D eigenvalue weighted by atomic mass is 16.6. The Balaban J connectivity index is 1.58. The van der Waals surface area contributed by atoms with Crippen molar-refractivity contribution in [1.29, 1.82) is 0 Å². The summed E-state index contributed by atoms with van der Waals surface area (Å²) in [5.74, 6) is -6.48. The third-order valence-electron chi connectivity index (χ3n) is 14.4. The van der Waals surface area contributed by atoms with Gasteiger partial charge in [0.15, 0.2) is 24.4 Å². The number of hydrogen-bond donors (Lipinski definition) is 0. The Morgan fingerprint density at radius 1 is 0.430 bits per heavy atom. The van der Waals surface area contributed by atoms with Crippen LogP contribution in [0.2, 0.25) is 0 Å². The number of para-hydroxylation sites is 2. The fraction of sp³-hybridized carbons (Fsp3) is 0.574. The summed E-state index contributed by atoms with van der Waals surface area (Å²) < 4.78 is 30.0. The smallest absolute Gasteiger partial charge is 0.329 e. The molecule has 2 aliphatic rings. The molecule has 0 aromatic heterocycles. The standard InChI is InChI=1S/C61H85N5O13/c1-37(2)30-47-58(71)76-42(10)55(68)63(12)50(33-40(7)8)61(74)79-53(35-44-24-26-45(27-25-44)36-66-28-29-75-51-23-19-18-22-46(51)66)57(70)65(14)48(31-38(3)4)59(72)77-41(9)54(67)62(11)49(32-39(5)6)60(73)78-52(56(69)64(47)13)34-43-20-16-15-17-21-43/h15-27,37-42,47-50,52-53H,28-36H2,1-14H3/t41-,42-,47+,48+,49+,50+,52-,53-/m1/s1. The predicted octanol–water partition coefficient (Wildman–Crippen LogP) is 7.06. The van der Waals surface area contributed by atoms with Crippen molar-refractivity contribution in [1.82, 2.24) is 19.6 Å². The summed E-state index contributed by atoms with van der Waals surface area (Å²) in [5, 5.41) is 0. The molecule has 1 saturated heterocycles. The number of ether oxygens (including phenoxy) is 5. The summed E-state index contributed by atoms with van der Waals surface area (Å²) in [4.78, 5) is 124. The van der Waals surface area contributed by atoms with Gasteiger partial charge in [-0.25, -0.2) is 19.2 Å². The number of carbonyl (C=O) groups is 8. The van der Waals surface area contributed by atoms with Crippen molar-refractivity contribution in [2.45, 2.75) is 163 Å². The van der Waals surface area contributed by atoms with Crippen molar-refractivity contribution < 1.29 is 62.0 Å². The van der Waals surface area contributed by atoms with Gasteiger partial charge in [-0.2, -0.15) is 0 Å². The molecule has 2 heterocycles. The van der Waals surface area contributed by atoms with Crippen molar-refractivity contribution in [2.24, 2.45) is 23.7 Å². The molecule has 0 radical (unpaired) electrons. The minimum Gasteiger partial charge on any atom is -0.490 e. The van der Waals surface area contributed by atoms with E-state index in [-0.39, 0.29) is 62.2 Å². The lowest BCUT2D eigenvalue weighted by Crippen LogP contribution is -2.55. The molecule has 0 aliphatic carbocycles. The van der Waals surface area contributed by atoms with Crippen LogP contribution in [-0.2, 0) is 76.7 Å². The molecule has 4 amide bonds. The van der Waals surface area contributed by atoms with Gasteiger partial charge in [0.25, 0.3) is 23.6 Å². The third kappa shape index (κ3) is 17.3. The molecule has 0 bridgehead atoms. The summed E-state index contributed by atoms with van der Waals surface area (Å²) in [7, 11) is 5.59. The first-order chi connectivity index (χ1) is 37.3. The molecule has 0 saturated carbocycles. The van der Waals surface area contributed by atoms with E-state index in [1.807, 2.05) is 104 Å². The number of hydrogen-bond acceptors (Lipinski definition) is 14. The van der Waals surface area contributed by atoms with Crippen LogP contribution in [0.3, 0.4) is 0 Å². The molecule has 8 atom stereocenters. The maximum Gasteiger partial charge on any atom is 0.329 e. The van der Waals surface area contributed by atoms with Crippen molar-refractivity contribution in [3.63, 3.8) is 0 Å². The number of amides is 4. The molecule has 18 heteroatoms. The van der Waals surface area contributed by atoms with Crippen LogP contribution in [0.1, 0.15) is 112 Å². The minimum atomic E-state index is -1.53. The van der Waals surface area contributed by atoms with Gasteiger partial charge >= 0.3 is 23.9 Å². The third-order valence-corrected chi connectivity index (χ3v) is 14.4. The van der Waals surface area contributed by atoms with Crippen molar-refractivity contribution >= 4 is 53.2 Å². The highest BCUT2D eigenvalue weighted by Crippen LogP contribution is 2.32. The fourth-order valence-electron chi connectivity index (χ4n) is 9.92. The van der Waals surface area contributed by atoms with Crippen molar-refractivity contribution in [2.75, 3.05) is 46.2 Å². The maximum atomic E-state index is 15.1. The first-order valence-electron chi connectivity index (χ1n) is 27.7. The molecule has 0 spiro atoms. The first kappa shape index (κ1) is 62.9. The molecule has 3 aromatic carbocycles. The summed E-state index contributed by atoms with van der Waals surface area (Å²) in [5.41, 5.74) is 3.23. The Bertz CT molecular complexity index is 2550. The zero-order chi connectivity index (χ0) is 58.4. The Kier molecular flexibility index (Phi) is 22.9. The fourth-order valence-corrected chi connectivity index (χ4v) is 9.92. The van der Waals surface area contributed by atoms with E-state index in [1.54, 1.807) is 30.3 Å². The number of likely N-dealkylation sites (N-methyl/N-ethyl adjacent to an activating group) is 4. The van der Waals surface area contributed by atoms with Gasteiger partial charge in [-0.3, -0.25) is 19.2 Å². The number of benzene rings is 3. The van der Waals surface area contributed by atoms with Gasteiger partial charge in [0.05, 0.1) is 12.2 Å². The van der Waals surface area contributed by atoms with Crippen LogP contribution in [0.4, 0.5) is 5.69 Å². The second kappa shape index (κ2) is 28.8. The molecule has 79 heavy (non-hydrogen) atoms. The molecule has 0 N–H and O–H groups in total. The molecule has 18 nitrogen and oxygen atoms in total. The van der Waals surface area contributed by atoms with Gasteiger partial charge < -0.3 is 48.2 Å². The van der Waals surface area contributed by atoms with Crippen LogP contribution in [-0.4, -0.2) is 157 Å². The molecular formula is C61H85N5O13. The molecule has 1 fully saturated rings. The molecule has 2 aliphatic heterocycles. The summed E-state index contributed by atoms with van der Waals surface area (Å²) in [6, 6.07) is 19.2. The average Bonchev–Trinajstić information content (AvgIpc) is 3.40. The van der Waals surface area contributed by atoms with E-state index < -0.39 is 96.1 Å². The van der Waals surface area contributed by atoms with Gasteiger partial charge in [-0.05, 0) is 92.0 Å². The van der Waals surface area contributed by atoms with Crippen LogP contribution < -0.4 is 9.64 Å². The van der Waals surface area contributed by atoms with Gasteiger partial charge in [0.1, 0.15) is 36.5 Å². The number of rotatable bonds is 14. The highest BCUT2D eigenvalue weighted by Gasteiger charge is 2.43. The average molecular weight is 1100 g/mol. The molecule has 0 unspecified atom stereocenters. The number of cyclic esters (lactones) is 4. The molecule has 432 valence electrons. The van der Waals surface area contributed by atoms with Crippen LogP contribution >= 0.6 is 0 Å². The normalized spacial score (nSPS) is 24.1. The second-order valence-corrected chi connectivity index (χ2v) is 22.8. The quantitative estimate of drug-likeness (QED) is 0.117. The Morgan fingerprint density at radius 2 is 0.772 bits per heavy atom. The van der Waals surface area contributed by atoms with E-state index in [9.17, 15) is 33.6 Å². The second-order valence-electron chi connectivity index (χ2n) is 22.8. The lowest BCUT2D eigenvalue weighted by molar-refractivity contribution is -0.176. The SMILES string of the molecule is CC(C)C[C@H]1C(=O)O[C@H](Cc2ccc(CN3CCOc4ccccc43)cc2)C(=O)N(C)[C@@H](CC(C)C)C(=O)O[C@H](C)C(=O)N(C)[C@@H](CC(C)C)C(=O)O[C@H](Cc2ccccc2)C(=O)N(C)[C@@H](CC(C)C)C(=O)O[C@H](C)C(=O)N1C. The summed E-state index contributed by atoms with van der Waals surface area (Å²) in [6.45, 7) is 19.4. The van der Waals surface area contributed by atoms with Gasteiger partial charge in [0.2, 0.25) is 0 Å². The van der Waals surface area contributed by atoms with Crippen LogP contribution in [0.25, 0.3) is 0 Å². The summed E-state index contributed by atoms with van der Waals surface area (Å²) in [6.07, 6.45) is -5.78.